The molecule has 0 atom stereocenters. The summed E-state index contributed by atoms with van der Waals surface area (Å²) in [7, 11) is 3.34. The maximum atomic E-state index is 5.74. The fourth-order valence-electron chi connectivity index (χ4n) is 1.86. The Kier molecular flexibility index (Phi) is 7.32. The van der Waals surface area contributed by atoms with Crippen LogP contribution in [0.2, 0.25) is 0 Å². The minimum Gasteiger partial charge on any atom is -0.497 e. The second kappa shape index (κ2) is 9.07. The number of nitrogens with zero attached hydrogens (tertiary/aromatic N) is 1. The molecular weight excluding hydrogens is 254 g/mol. The molecule has 0 radical (unpaired) electrons. The third-order valence-corrected chi connectivity index (χ3v) is 2.92. The predicted molar refractivity (Wildman–Crippen MR) is 82.7 cm³/mol. The summed E-state index contributed by atoms with van der Waals surface area (Å²) in [6.45, 7) is 3.63. The topological polar surface area (TPSA) is 68.9 Å². The van der Waals surface area contributed by atoms with Crippen LogP contribution in [0.25, 0.3) is 0 Å². The predicted octanol–water partition coefficient (Wildman–Crippen LogP) is 1.95. The van der Waals surface area contributed by atoms with E-state index in [9.17, 15) is 0 Å². The SMILES string of the molecule is CCCN=C(N)NCCCc1cc(OC)ccc1OC. The van der Waals surface area contributed by atoms with Crippen molar-refractivity contribution in [1.29, 1.82) is 0 Å². The van der Waals surface area contributed by atoms with Gasteiger partial charge in [-0.2, -0.15) is 0 Å². The van der Waals surface area contributed by atoms with Crippen LogP contribution >= 0.6 is 0 Å². The molecule has 5 heteroatoms. The van der Waals surface area contributed by atoms with E-state index in [1.165, 1.54) is 0 Å². The highest BCUT2D eigenvalue weighted by atomic mass is 16.5. The quantitative estimate of drug-likeness (QED) is 0.433. The largest absolute Gasteiger partial charge is 0.497 e. The molecule has 0 aromatic heterocycles. The Morgan fingerprint density at radius 3 is 2.75 bits per heavy atom. The summed E-state index contributed by atoms with van der Waals surface area (Å²) in [4.78, 5) is 4.19. The van der Waals surface area contributed by atoms with E-state index in [4.69, 9.17) is 15.2 Å². The Labute approximate surface area is 121 Å². The first kappa shape index (κ1) is 16.1. The van der Waals surface area contributed by atoms with Gasteiger partial charge < -0.3 is 20.5 Å². The fourth-order valence-corrected chi connectivity index (χ4v) is 1.86. The van der Waals surface area contributed by atoms with Gasteiger partial charge >= 0.3 is 0 Å². The maximum absolute atomic E-state index is 5.74. The van der Waals surface area contributed by atoms with Crippen LogP contribution in [-0.4, -0.2) is 33.3 Å². The van der Waals surface area contributed by atoms with Gasteiger partial charge in [0.1, 0.15) is 11.5 Å². The molecule has 0 heterocycles. The summed E-state index contributed by atoms with van der Waals surface area (Å²) in [6, 6.07) is 5.84. The van der Waals surface area contributed by atoms with Crippen molar-refractivity contribution >= 4 is 5.96 Å². The molecule has 0 saturated carbocycles. The summed E-state index contributed by atoms with van der Waals surface area (Å²) in [6.07, 6.45) is 2.85. The van der Waals surface area contributed by atoms with Crippen LogP contribution in [0.15, 0.2) is 23.2 Å². The van der Waals surface area contributed by atoms with E-state index in [-0.39, 0.29) is 0 Å². The van der Waals surface area contributed by atoms with Crippen molar-refractivity contribution < 1.29 is 9.47 Å². The first-order valence-electron chi connectivity index (χ1n) is 6.96. The second-order valence-corrected chi connectivity index (χ2v) is 4.48. The van der Waals surface area contributed by atoms with Crippen LogP contribution in [0.1, 0.15) is 25.3 Å². The minimum absolute atomic E-state index is 0.518. The Morgan fingerprint density at radius 1 is 1.30 bits per heavy atom. The van der Waals surface area contributed by atoms with E-state index in [1.54, 1.807) is 14.2 Å². The van der Waals surface area contributed by atoms with Crippen LogP contribution in [0.5, 0.6) is 11.5 Å². The molecule has 20 heavy (non-hydrogen) atoms. The van der Waals surface area contributed by atoms with E-state index in [2.05, 4.69) is 17.2 Å². The number of nitrogens with one attached hydrogen (secondary N) is 1. The van der Waals surface area contributed by atoms with E-state index >= 15 is 0 Å². The number of guanidine groups is 1. The van der Waals surface area contributed by atoms with Gasteiger partial charge in [0.2, 0.25) is 0 Å². The Hall–Kier alpha value is -1.91. The molecular formula is C15H25N3O2. The lowest BCUT2D eigenvalue weighted by atomic mass is 10.1. The van der Waals surface area contributed by atoms with Crippen molar-refractivity contribution in [2.75, 3.05) is 27.3 Å². The molecule has 1 aromatic carbocycles. The summed E-state index contributed by atoms with van der Waals surface area (Å²) in [5, 5.41) is 3.11. The van der Waals surface area contributed by atoms with Crippen molar-refractivity contribution in [3.63, 3.8) is 0 Å². The van der Waals surface area contributed by atoms with Crippen molar-refractivity contribution in [3.8, 4) is 11.5 Å². The highest BCUT2D eigenvalue weighted by molar-refractivity contribution is 5.77. The molecule has 5 nitrogen and oxygen atoms in total. The lowest BCUT2D eigenvalue weighted by Gasteiger charge is -2.11. The minimum atomic E-state index is 0.518. The lowest BCUT2D eigenvalue weighted by Crippen LogP contribution is -2.32. The van der Waals surface area contributed by atoms with Gasteiger partial charge in [-0.05, 0) is 43.0 Å². The average Bonchev–Trinajstić information content (AvgIpc) is 2.49. The number of benzene rings is 1. The van der Waals surface area contributed by atoms with Gasteiger partial charge in [0.15, 0.2) is 5.96 Å². The van der Waals surface area contributed by atoms with Crippen LogP contribution in [0.4, 0.5) is 0 Å². The monoisotopic (exact) mass is 279 g/mol. The van der Waals surface area contributed by atoms with E-state index in [0.29, 0.717) is 5.96 Å². The van der Waals surface area contributed by atoms with Crippen LogP contribution in [-0.2, 0) is 6.42 Å². The molecule has 0 fully saturated rings. The third kappa shape index (κ3) is 5.38. The van der Waals surface area contributed by atoms with E-state index in [1.807, 2.05) is 18.2 Å². The highest BCUT2D eigenvalue weighted by Crippen LogP contribution is 2.24. The standard InChI is InChI=1S/C15H25N3O2/c1-4-9-17-15(16)18-10-5-6-12-11-13(19-2)7-8-14(12)20-3/h7-8,11H,4-6,9-10H2,1-3H3,(H3,16,17,18). The van der Waals surface area contributed by atoms with Gasteiger partial charge in [-0.25, -0.2) is 0 Å². The molecule has 1 aromatic rings. The number of nitrogens with two attached hydrogens (primary N) is 1. The molecule has 0 aliphatic heterocycles. The van der Waals surface area contributed by atoms with Crippen LogP contribution in [0.3, 0.4) is 0 Å². The number of hydrogen-bond acceptors (Lipinski definition) is 3. The summed E-state index contributed by atoms with van der Waals surface area (Å²) in [5.74, 6) is 2.25. The van der Waals surface area contributed by atoms with Gasteiger partial charge in [0.25, 0.3) is 0 Å². The third-order valence-electron chi connectivity index (χ3n) is 2.92. The van der Waals surface area contributed by atoms with Gasteiger partial charge in [-0.15, -0.1) is 0 Å². The molecule has 0 amide bonds. The molecule has 0 saturated heterocycles. The van der Waals surface area contributed by atoms with Crippen molar-refractivity contribution in [2.45, 2.75) is 26.2 Å². The van der Waals surface area contributed by atoms with E-state index in [0.717, 1.165) is 49.4 Å². The van der Waals surface area contributed by atoms with Crippen molar-refractivity contribution in [2.24, 2.45) is 10.7 Å². The number of methoxy groups -OCH3 is 2. The molecule has 0 aliphatic rings. The lowest BCUT2D eigenvalue weighted by molar-refractivity contribution is 0.398. The number of aliphatic imine (C=N–C) groups is 1. The van der Waals surface area contributed by atoms with Crippen LogP contribution < -0.4 is 20.5 Å². The Morgan fingerprint density at radius 2 is 2.10 bits per heavy atom. The van der Waals surface area contributed by atoms with Gasteiger partial charge in [-0.1, -0.05) is 6.92 Å². The van der Waals surface area contributed by atoms with Crippen LogP contribution in [0, 0.1) is 0 Å². The number of ether oxygens (including phenoxy) is 2. The number of hydrogen-bond donors (Lipinski definition) is 2. The smallest absolute Gasteiger partial charge is 0.188 e. The molecule has 0 spiro atoms. The zero-order chi connectivity index (χ0) is 14.8. The van der Waals surface area contributed by atoms with Gasteiger partial charge in [0.05, 0.1) is 14.2 Å². The summed E-state index contributed by atoms with van der Waals surface area (Å²) in [5.41, 5.74) is 6.87. The zero-order valence-corrected chi connectivity index (χ0v) is 12.6. The Balaban J connectivity index is 2.45. The molecule has 3 N–H and O–H groups in total. The second-order valence-electron chi connectivity index (χ2n) is 4.48. The molecule has 112 valence electrons. The summed E-state index contributed by atoms with van der Waals surface area (Å²) >= 11 is 0. The number of rotatable bonds is 8. The fraction of sp³-hybridized carbons (Fsp3) is 0.533. The normalized spacial score (nSPS) is 11.2. The number of aryl methyl sites for hydroxylation is 1. The highest BCUT2D eigenvalue weighted by Gasteiger charge is 2.04. The first-order chi connectivity index (χ1) is 9.71. The average molecular weight is 279 g/mol. The van der Waals surface area contributed by atoms with Crippen molar-refractivity contribution in [1.82, 2.24) is 5.32 Å². The maximum Gasteiger partial charge on any atom is 0.188 e. The Bertz CT molecular complexity index is 433. The molecule has 0 aliphatic carbocycles. The molecule has 1 rings (SSSR count). The zero-order valence-electron chi connectivity index (χ0n) is 12.6. The summed E-state index contributed by atoms with van der Waals surface area (Å²) < 4.78 is 10.6. The van der Waals surface area contributed by atoms with Gasteiger partial charge in [0, 0.05) is 13.1 Å². The molecule has 0 unspecified atom stereocenters. The molecule has 0 bridgehead atoms. The first-order valence-corrected chi connectivity index (χ1v) is 6.96. The van der Waals surface area contributed by atoms with Gasteiger partial charge in [-0.3, -0.25) is 4.99 Å². The van der Waals surface area contributed by atoms with E-state index < -0.39 is 0 Å². The van der Waals surface area contributed by atoms with Crippen molar-refractivity contribution in [3.05, 3.63) is 23.8 Å².